The van der Waals surface area contributed by atoms with Crippen molar-refractivity contribution in [3.63, 3.8) is 0 Å². The molecule has 0 spiro atoms. The van der Waals surface area contributed by atoms with E-state index in [-0.39, 0.29) is 5.54 Å². The smallest absolute Gasteiger partial charge is 0.270 e. The molecule has 1 nitrogen and oxygen atoms in total. The number of hydrogen-bond donors (Lipinski definition) is 0. The van der Waals surface area contributed by atoms with Crippen LogP contribution in [-0.2, 0) is 0 Å². The van der Waals surface area contributed by atoms with Gasteiger partial charge >= 0.3 is 0 Å². The first-order valence-electron chi connectivity index (χ1n) is 4.96. The van der Waals surface area contributed by atoms with Gasteiger partial charge in [0.05, 0.1) is 0 Å². The minimum atomic E-state index is -1.44. The Morgan fingerprint density at radius 1 is 1.54 bits per heavy atom. The fraction of sp³-hybridized carbons (Fsp3) is 0.800. The lowest BCUT2D eigenvalue weighted by Gasteiger charge is -2.29. The van der Waals surface area contributed by atoms with Crippen LogP contribution >= 0.6 is 0 Å². The zero-order chi connectivity index (χ0) is 9.47. The lowest BCUT2D eigenvalue weighted by Crippen LogP contribution is -2.37. The van der Waals surface area contributed by atoms with E-state index in [4.69, 9.17) is 0 Å². The van der Waals surface area contributed by atoms with Crippen molar-refractivity contribution in [2.45, 2.75) is 38.1 Å². The zero-order valence-corrected chi connectivity index (χ0v) is 7.95. The zero-order valence-electron chi connectivity index (χ0n) is 7.95. The Morgan fingerprint density at radius 2 is 2.31 bits per heavy atom. The molecule has 0 aromatic rings. The molecule has 0 aliphatic carbocycles. The molecular formula is C10H15F2N. The van der Waals surface area contributed by atoms with Crippen molar-refractivity contribution in [2.75, 3.05) is 13.1 Å². The topological polar surface area (TPSA) is 3.24 Å². The normalized spacial score (nSPS) is 33.9. The molecule has 74 valence electrons. The summed E-state index contributed by atoms with van der Waals surface area (Å²) in [6.07, 6.45) is 2.44. The molecule has 0 aromatic carbocycles. The SMILES string of the molecule is CC[C@@]12CCCN1CC(=C(F)F)C2. The molecule has 2 aliphatic rings. The van der Waals surface area contributed by atoms with Gasteiger partial charge in [-0.1, -0.05) is 6.92 Å². The first-order chi connectivity index (χ1) is 6.18. The van der Waals surface area contributed by atoms with Crippen LogP contribution in [0.4, 0.5) is 8.78 Å². The van der Waals surface area contributed by atoms with E-state index in [2.05, 4.69) is 11.8 Å². The van der Waals surface area contributed by atoms with E-state index in [0.717, 1.165) is 19.4 Å². The van der Waals surface area contributed by atoms with Crippen LogP contribution < -0.4 is 0 Å². The van der Waals surface area contributed by atoms with Crippen LogP contribution in [0.1, 0.15) is 32.6 Å². The van der Waals surface area contributed by atoms with E-state index >= 15 is 0 Å². The fourth-order valence-electron chi connectivity index (χ4n) is 2.78. The predicted octanol–water partition coefficient (Wildman–Crippen LogP) is 2.79. The first-order valence-corrected chi connectivity index (χ1v) is 4.96. The molecule has 0 bridgehead atoms. The summed E-state index contributed by atoms with van der Waals surface area (Å²) >= 11 is 0. The third-order valence-corrected chi connectivity index (χ3v) is 3.59. The van der Waals surface area contributed by atoms with Crippen molar-refractivity contribution in [3.05, 3.63) is 11.7 Å². The van der Waals surface area contributed by atoms with Crippen molar-refractivity contribution in [1.82, 2.24) is 4.90 Å². The second kappa shape index (κ2) is 3.05. The van der Waals surface area contributed by atoms with E-state index < -0.39 is 6.08 Å². The van der Waals surface area contributed by atoms with Gasteiger partial charge in [0.25, 0.3) is 6.08 Å². The monoisotopic (exact) mass is 187 g/mol. The molecule has 2 fully saturated rings. The highest BCUT2D eigenvalue weighted by Crippen LogP contribution is 2.44. The van der Waals surface area contributed by atoms with Crippen LogP contribution in [-0.4, -0.2) is 23.5 Å². The Hall–Kier alpha value is -0.440. The average molecular weight is 187 g/mol. The fourth-order valence-corrected chi connectivity index (χ4v) is 2.78. The quantitative estimate of drug-likeness (QED) is 0.610. The highest BCUT2D eigenvalue weighted by molar-refractivity contribution is 5.20. The highest BCUT2D eigenvalue weighted by Gasteiger charge is 2.45. The van der Waals surface area contributed by atoms with Gasteiger partial charge in [0.15, 0.2) is 0 Å². The maximum Gasteiger partial charge on any atom is 0.270 e. The summed E-state index contributed by atoms with van der Waals surface area (Å²) in [6.45, 7) is 3.62. The molecule has 0 unspecified atom stereocenters. The Kier molecular flexibility index (Phi) is 2.14. The minimum absolute atomic E-state index is 0.0960. The summed E-state index contributed by atoms with van der Waals surface area (Å²) in [5.74, 6) is 0. The van der Waals surface area contributed by atoms with Crippen molar-refractivity contribution in [1.29, 1.82) is 0 Å². The molecule has 0 radical (unpaired) electrons. The molecule has 0 aromatic heterocycles. The summed E-state index contributed by atoms with van der Waals surface area (Å²) in [5, 5.41) is 0. The lowest BCUT2D eigenvalue weighted by atomic mass is 9.90. The molecule has 2 heterocycles. The third-order valence-electron chi connectivity index (χ3n) is 3.59. The van der Waals surface area contributed by atoms with Gasteiger partial charge in [0, 0.05) is 17.7 Å². The second-order valence-electron chi connectivity index (χ2n) is 4.14. The molecule has 0 saturated carbocycles. The number of hydrogen-bond acceptors (Lipinski definition) is 1. The number of nitrogens with zero attached hydrogens (tertiary/aromatic N) is 1. The summed E-state index contributed by atoms with van der Waals surface area (Å²) in [4.78, 5) is 2.24. The Bertz CT molecular complexity index is 245. The van der Waals surface area contributed by atoms with Crippen LogP contribution in [0, 0.1) is 0 Å². The van der Waals surface area contributed by atoms with Gasteiger partial charge in [-0.05, 0) is 32.2 Å². The lowest BCUT2D eigenvalue weighted by molar-refractivity contribution is 0.189. The van der Waals surface area contributed by atoms with Crippen molar-refractivity contribution >= 4 is 0 Å². The standard InChI is InChI=1S/C10H15F2N/c1-2-10-4-3-5-13(10)7-8(6-10)9(11)12/h2-7H2,1H3/t10-/m0/s1. The molecule has 3 heteroatoms. The molecule has 2 rings (SSSR count). The molecule has 0 N–H and O–H groups in total. The predicted molar refractivity (Wildman–Crippen MR) is 47.7 cm³/mol. The second-order valence-corrected chi connectivity index (χ2v) is 4.14. The maximum atomic E-state index is 12.4. The minimum Gasteiger partial charge on any atom is -0.293 e. The summed E-state index contributed by atoms with van der Waals surface area (Å²) in [5.41, 5.74) is 0.472. The van der Waals surface area contributed by atoms with Crippen LogP contribution in [0.5, 0.6) is 0 Å². The number of rotatable bonds is 1. The molecule has 0 amide bonds. The van der Waals surface area contributed by atoms with Crippen molar-refractivity contribution in [2.24, 2.45) is 0 Å². The van der Waals surface area contributed by atoms with Gasteiger partial charge in [-0.15, -0.1) is 0 Å². The van der Waals surface area contributed by atoms with E-state index in [1.807, 2.05) is 0 Å². The Labute approximate surface area is 77.4 Å². The molecule has 2 saturated heterocycles. The average Bonchev–Trinajstić information content (AvgIpc) is 2.58. The van der Waals surface area contributed by atoms with Crippen LogP contribution in [0.15, 0.2) is 11.7 Å². The Morgan fingerprint density at radius 3 is 2.85 bits per heavy atom. The molecular weight excluding hydrogens is 172 g/mol. The van der Waals surface area contributed by atoms with Gasteiger partial charge in [-0.3, -0.25) is 4.90 Å². The van der Waals surface area contributed by atoms with Gasteiger partial charge in [0.1, 0.15) is 0 Å². The first kappa shape index (κ1) is 9.13. The summed E-state index contributed by atoms with van der Waals surface area (Å²) in [6, 6.07) is 0. The Balaban J connectivity index is 2.23. The van der Waals surface area contributed by atoms with E-state index in [1.165, 1.54) is 6.42 Å². The molecule has 2 aliphatic heterocycles. The summed E-state index contributed by atoms with van der Waals surface area (Å²) in [7, 11) is 0. The summed E-state index contributed by atoms with van der Waals surface area (Å²) < 4.78 is 24.8. The van der Waals surface area contributed by atoms with Gasteiger partial charge in [-0.25, -0.2) is 0 Å². The third kappa shape index (κ3) is 1.30. The van der Waals surface area contributed by atoms with Crippen LogP contribution in [0.2, 0.25) is 0 Å². The van der Waals surface area contributed by atoms with Crippen molar-refractivity contribution < 1.29 is 8.78 Å². The molecule has 1 atom stereocenters. The van der Waals surface area contributed by atoms with Gasteiger partial charge < -0.3 is 0 Å². The van der Waals surface area contributed by atoms with E-state index in [1.54, 1.807) is 0 Å². The largest absolute Gasteiger partial charge is 0.293 e. The highest BCUT2D eigenvalue weighted by atomic mass is 19.3. The maximum absolute atomic E-state index is 12.4. The van der Waals surface area contributed by atoms with Crippen molar-refractivity contribution in [3.8, 4) is 0 Å². The van der Waals surface area contributed by atoms with Crippen LogP contribution in [0.3, 0.4) is 0 Å². The van der Waals surface area contributed by atoms with E-state index in [9.17, 15) is 8.78 Å². The molecule has 13 heavy (non-hydrogen) atoms. The van der Waals surface area contributed by atoms with Gasteiger partial charge in [0.2, 0.25) is 0 Å². The number of fused-ring (bicyclic) bond motifs is 1. The van der Waals surface area contributed by atoms with Crippen LogP contribution in [0.25, 0.3) is 0 Å². The van der Waals surface area contributed by atoms with E-state index in [0.29, 0.717) is 18.5 Å². The van der Waals surface area contributed by atoms with Gasteiger partial charge in [-0.2, -0.15) is 8.78 Å². The number of halogens is 2.